The van der Waals surface area contributed by atoms with Crippen LogP contribution in [0.15, 0.2) is 18.2 Å². The molecule has 5 nitrogen and oxygen atoms in total. The van der Waals surface area contributed by atoms with Crippen LogP contribution in [-0.2, 0) is 0 Å². The van der Waals surface area contributed by atoms with E-state index in [2.05, 4.69) is 27.8 Å². The average Bonchev–Trinajstić information content (AvgIpc) is 2.25. The smallest absolute Gasteiger partial charge is 0.336 e. The van der Waals surface area contributed by atoms with E-state index in [-0.39, 0.29) is 16.8 Å². The van der Waals surface area contributed by atoms with Crippen molar-refractivity contribution in [3.63, 3.8) is 0 Å². The van der Waals surface area contributed by atoms with Gasteiger partial charge in [0.2, 0.25) is 0 Å². The summed E-state index contributed by atoms with van der Waals surface area (Å²) in [5.41, 5.74) is -0.0796. The fourth-order valence-corrected chi connectivity index (χ4v) is 1.20. The number of non-ortho nitro benzene ring substituents is 1. The molecule has 0 spiro atoms. The van der Waals surface area contributed by atoms with Crippen LogP contribution in [0.4, 0.5) is 5.69 Å². The molecule has 0 amide bonds. The molecule has 0 aliphatic rings. The first-order valence-electron chi connectivity index (χ1n) is 4.13. The molecule has 1 aromatic carbocycles. The van der Waals surface area contributed by atoms with Gasteiger partial charge in [0, 0.05) is 17.7 Å². The molecule has 1 aromatic rings. The lowest BCUT2D eigenvalue weighted by Gasteiger charge is -1.98. The molecule has 1 rings (SSSR count). The second-order valence-corrected chi connectivity index (χ2v) is 3.29. The average molecular weight is 284 g/mol. The zero-order valence-electron chi connectivity index (χ0n) is 7.94. The van der Waals surface area contributed by atoms with Gasteiger partial charge in [0.05, 0.1) is 15.8 Å². The summed E-state index contributed by atoms with van der Waals surface area (Å²) >= 11 is 3.06. The van der Waals surface area contributed by atoms with Gasteiger partial charge >= 0.3 is 5.97 Å². The third kappa shape index (κ3) is 2.81. The van der Waals surface area contributed by atoms with E-state index in [1.165, 1.54) is 6.07 Å². The number of aromatic carboxylic acids is 1. The molecule has 0 fully saturated rings. The van der Waals surface area contributed by atoms with Gasteiger partial charge in [0.25, 0.3) is 5.69 Å². The van der Waals surface area contributed by atoms with E-state index in [1.54, 1.807) is 0 Å². The number of nitro benzene ring substituents is 1. The lowest BCUT2D eigenvalue weighted by Crippen LogP contribution is -2.01. The molecule has 1 N–H and O–H groups in total. The zero-order chi connectivity index (χ0) is 12.1. The number of alkyl halides is 1. The Morgan fingerprint density at radius 3 is 2.75 bits per heavy atom. The number of nitro groups is 1. The van der Waals surface area contributed by atoms with Gasteiger partial charge in [-0.15, -0.1) is 0 Å². The number of carboxylic acids is 1. The number of rotatable bonds is 2. The van der Waals surface area contributed by atoms with E-state index in [9.17, 15) is 14.9 Å². The third-order valence-corrected chi connectivity index (χ3v) is 2.01. The predicted octanol–water partition coefficient (Wildman–Crippen LogP) is 2.04. The Labute approximate surface area is 99.4 Å². The molecule has 0 unspecified atom stereocenters. The second kappa shape index (κ2) is 5.28. The van der Waals surface area contributed by atoms with Crippen molar-refractivity contribution in [1.29, 1.82) is 0 Å². The van der Waals surface area contributed by atoms with Crippen LogP contribution < -0.4 is 0 Å². The summed E-state index contributed by atoms with van der Waals surface area (Å²) in [7, 11) is 0. The fraction of sp³-hybridized carbons (Fsp3) is 0.100. The standard InChI is InChI=1S/C10H6BrNO4/c11-5-1-2-7-6-8(12(15)16)3-4-9(7)10(13)14/h3-4,6H,5H2,(H,13,14). The van der Waals surface area contributed by atoms with Crippen molar-refractivity contribution in [3.8, 4) is 11.8 Å². The highest BCUT2D eigenvalue weighted by Gasteiger charge is 2.13. The van der Waals surface area contributed by atoms with Gasteiger partial charge < -0.3 is 5.11 Å². The molecular formula is C10H6BrNO4. The molecule has 0 aliphatic carbocycles. The van der Waals surface area contributed by atoms with Gasteiger partial charge in [-0.05, 0) is 6.07 Å². The molecule has 0 atom stereocenters. The Balaban J connectivity index is 3.32. The minimum atomic E-state index is -1.16. The van der Waals surface area contributed by atoms with Crippen LogP contribution in [0.1, 0.15) is 15.9 Å². The number of carboxylic acid groups (broad SMARTS) is 1. The predicted molar refractivity (Wildman–Crippen MR) is 60.7 cm³/mol. The number of nitrogens with zero attached hydrogens (tertiary/aromatic N) is 1. The Bertz CT molecular complexity index is 501. The number of hydrogen-bond donors (Lipinski definition) is 1. The maximum absolute atomic E-state index is 10.8. The van der Waals surface area contributed by atoms with Gasteiger partial charge in [-0.25, -0.2) is 4.79 Å². The summed E-state index contributed by atoms with van der Waals surface area (Å²) in [6.45, 7) is 0. The summed E-state index contributed by atoms with van der Waals surface area (Å²) in [5.74, 6) is 4.01. The third-order valence-electron chi connectivity index (χ3n) is 1.73. The van der Waals surface area contributed by atoms with E-state index >= 15 is 0 Å². The van der Waals surface area contributed by atoms with Gasteiger partial charge in [0.1, 0.15) is 0 Å². The Morgan fingerprint density at radius 1 is 1.56 bits per heavy atom. The van der Waals surface area contributed by atoms with Crippen LogP contribution in [0.2, 0.25) is 0 Å². The van der Waals surface area contributed by atoms with E-state index in [0.29, 0.717) is 5.33 Å². The molecule has 16 heavy (non-hydrogen) atoms. The van der Waals surface area contributed by atoms with E-state index < -0.39 is 10.9 Å². The van der Waals surface area contributed by atoms with Crippen molar-refractivity contribution in [2.75, 3.05) is 5.33 Å². The Kier molecular flexibility index (Phi) is 4.03. The lowest BCUT2D eigenvalue weighted by molar-refractivity contribution is -0.384. The number of hydrogen-bond acceptors (Lipinski definition) is 3. The summed E-state index contributed by atoms with van der Waals surface area (Å²) < 4.78 is 0. The van der Waals surface area contributed by atoms with Crippen LogP contribution in [0.25, 0.3) is 0 Å². The van der Waals surface area contributed by atoms with Crippen molar-refractivity contribution in [2.45, 2.75) is 0 Å². The quantitative estimate of drug-likeness (QED) is 0.390. The van der Waals surface area contributed by atoms with Crippen molar-refractivity contribution < 1.29 is 14.8 Å². The Hall–Kier alpha value is -1.87. The summed E-state index contributed by atoms with van der Waals surface area (Å²) in [6, 6.07) is 3.47. The first-order chi connectivity index (χ1) is 7.56. The molecule has 0 saturated carbocycles. The number of benzene rings is 1. The second-order valence-electron chi connectivity index (χ2n) is 2.73. The van der Waals surface area contributed by atoms with Gasteiger partial charge in [-0.2, -0.15) is 0 Å². The molecule has 0 heterocycles. The van der Waals surface area contributed by atoms with E-state index in [0.717, 1.165) is 12.1 Å². The normalized spacial score (nSPS) is 9.06. The molecule has 0 aliphatic heterocycles. The number of carbonyl (C=O) groups is 1. The monoisotopic (exact) mass is 283 g/mol. The van der Waals surface area contributed by atoms with E-state index in [4.69, 9.17) is 5.11 Å². The van der Waals surface area contributed by atoms with Crippen LogP contribution >= 0.6 is 15.9 Å². The molecule has 0 bridgehead atoms. The maximum atomic E-state index is 10.8. The van der Waals surface area contributed by atoms with Crippen molar-refractivity contribution >= 4 is 27.6 Å². The van der Waals surface area contributed by atoms with Crippen molar-refractivity contribution in [3.05, 3.63) is 39.4 Å². The topological polar surface area (TPSA) is 80.4 Å². The van der Waals surface area contributed by atoms with Crippen LogP contribution in [0.5, 0.6) is 0 Å². The molecule has 0 radical (unpaired) electrons. The summed E-state index contributed by atoms with van der Waals surface area (Å²) in [4.78, 5) is 20.7. The first-order valence-corrected chi connectivity index (χ1v) is 5.25. The zero-order valence-corrected chi connectivity index (χ0v) is 9.52. The maximum Gasteiger partial charge on any atom is 0.336 e. The van der Waals surface area contributed by atoms with E-state index in [1.807, 2.05) is 0 Å². The minimum absolute atomic E-state index is 0.0425. The Morgan fingerprint density at radius 2 is 2.25 bits per heavy atom. The van der Waals surface area contributed by atoms with Crippen molar-refractivity contribution in [2.24, 2.45) is 0 Å². The van der Waals surface area contributed by atoms with Gasteiger partial charge in [-0.1, -0.05) is 27.8 Å². The largest absolute Gasteiger partial charge is 0.478 e. The van der Waals surface area contributed by atoms with Gasteiger partial charge in [-0.3, -0.25) is 10.1 Å². The van der Waals surface area contributed by atoms with Crippen molar-refractivity contribution in [1.82, 2.24) is 0 Å². The highest BCUT2D eigenvalue weighted by molar-refractivity contribution is 9.09. The van der Waals surface area contributed by atoms with Crippen LogP contribution in [0.3, 0.4) is 0 Å². The molecular weight excluding hydrogens is 278 g/mol. The van der Waals surface area contributed by atoms with Gasteiger partial charge in [0.15, 0.2) is 0 Å². The summed E-state index contributed by atoms with van der Waals surface area (Å²) in [5, 5.41) is 19.7. The number of halogens is 1. The van der Waals surface area contributed by atoms with Crippen LogP contribution in [0, 0.1) is 22.0 Å². The first kappa shape index (κ1) is 12.2. The van der Waals surface area contributed by atoms with Crippen LogP contribution in [-0.4, -0.2) is 21.3 Å². The molecule has 6 heteroatoms. The molecule has 0 aromatic heterocycles. The molecule has 82 valence electrons. The molecule has 0 saturated heterocycles. The lowest BCUT2D eigenvalue weighted by atomic mass is 10.1. The highest BCUT2D eigenvalue weighted by atomic mass is 79.9. The summed E-state index contributed by atoms with van der Waals surface area (Å²) in [6.07, 6.45) is 0. The highest BCUT2D eigenvalue weighted by Crippen LogP contribution is 2.17. The fourth-order valence-electron chi connectivity index (χ4n) is 1.06. The SMILES string of the molecule is O=C(O)c1ccc([N+](=O)[O-])cc1C#CCBr. The minimum Gasteiger partial charge on any atom is -0.478 e.